The Bertz CT molecular complexity index is 685. The Morgan fingerprint density at radius 3 is 2.32 bits per heavy atom. The van der Waals surface area contributed by atoms with Crippen molar-refractivity contribution < 1.29 is 23.6 Å². The van der Waals surface area contributed by atoms with Crippen LogP contribution in [-0.2, 0) is 22.0 Å². The van der Waals surface area contributed by atoms with E-state index in [2.05, 4.69) is 0 Å². The fourth-order valence-corrected chi connectivity index (χ4v) is 3.50. The molecular formula is C19H22O5S. The summed E-state index contributed by atoms with van der Waals surface area (Å²) >= 11 is 0. The van der Waals surface area contributed by atoms with Crippen LogP contribution in [0.4, 0.5) is 0 Å². The van der Waals surface area contributed by atoms with Crippen LogP contribution in [0, 0.1) is 0 Å². The molecule has 0 saturated carbocycles. The van der Waals surface area contributed by atoms with Crippen molar-refractivity contribution in [2.24, 2.45) is 0 Å². The Morgan fingerprint density at radius 1 is 1.08 bits per heavy atom. The van der Waals surface area contributed by atoms with Crippen LogP contribution in [0.2, 0.25) is 0 Å². The van der Waals surface area contributed by atoms with Gasteiger partial charge in [0.1, 0.15) is 16.7 Å². The smallest absolute Gasteiger partial charge is 0.319 e. The van der Waals surface area contributed by atoms with Crippen molar-refractivity contribution in [3.8, 4) is 11.5 Å². The van der Waals surface area contributed by atoms with Gasteiger partial charge in [-0.25, -0.2) is 0 Å². The van der Waals surface area contributed by atoms with E-state index in [1.54, 1.807) is 31.4 Å². The first-order chi connectivity index (χ1) is 12.1. The quantitative estimate of drug-likeness (QED) is 0.703. The fraction of sp³-hybridized carbons (Fsp3) is 0.316. The summed E-state index contributed by atoms with van der Waals surface area (Å²) in [5.74, 6) is 0.507. The number of hydrogen-bond donors (Lipinski definition) is 1. The molecular weight excluding hydrogens is 340 g/mol. The molecule has 0 aliphatic rings. The number of aryl methyl sites for hydroxylation is 1. The zero-order chi connectivity index (χ0) is 18.1. The Labute approximate surface area is 150 Å². The molecule has 0 aliphatic carbocycles. The highest BCUT2D eigenvalue weighted by Crippen LogP contribution is 2.17. The molecule has 2 aromatic carbocycles. The molecule has 2 atom stereocenters. The van der Waals surface area contributed by atoms with Crippen molar-refractivity contribution in [1.82, 2.24) is 0 Å². The molecule has 2 unspecified atom stereocenters. The van der Waals surface area contributed by atoms with Crippen molar-refractivity contribution >= 4 is 16.8 Å². The van der Waals surface area contributed by atoms with Gasteiger partial charge < -0.3 is 14.6 Å². The average molecular weight is 362 g/mol. The van der Waals surface area contributed by atoms with E-state index in [0.717, 1.165) is 11.3 Å². The van der Waals surface area contributed by atoms with Crippen LogP contribution >= 0.6 is 0 Å². The van der Waals surface area contributed by atoms with Gasteiger partial charge in [0.25, 0.3) is 0 Å². The van der Waals surface area contributed by atoms with Gasteiger partial charge in [0.15, 0.2) is 0 Å². The largest absolute Gasteiger partial charge is 0.497 e. The van der Waals surface area contributed by atoms with E-state index < -0.39 is 22.0 Å². The van der Waals surface area contributed by atoms with Crippen molar-refractivity contribution in [2.45, 2.75) is 18.1 Å². The van der Waals surface area contributed by atoms with Crippen LogP contribution < -0.4 is 9.47 Å². The number of aliphatic carboxylic acids is 1. The fourth-order valence-electron chi connectivity index (χ4n) is 2.37. The molecule has 0 radical (unpaired) electrons. The second-order valence-corrected chi connectivity index (χ2v) is 7.20. The third-order valence-corrected chi connectivity index (χ3v) is 5.38. The molecule has 0 spiro atoms. The summed E-state index contributed by atoms with van der Waals surface area (Å²) in [6.45, 7) is 0.202. The van der Waals surface area contributed by atoms with Gasteiger partial charge in [0.2, 0.25) is 0 Å². The summed E-state index contributed by atoms with van der Waals surface area (Å²) in [4.78, 5) is 11.4. The molecule has 5 nitrogen and oxygen atoms in total. The molecule has 1 N–H and O–H groups in total. The molecule has 0 amide bonds. The van der Waals surface area contributed by atoms with E-state index in [9.17, 15) is 14.1 Å². The second kappa shape index (κ2) is 9.84. The first kappa shape index (κ1) is 19.0. The molecule has 2 aromatic rings. The van der Waals surface area contributed by atoms with Crippen molar-refractivity contribution in [3.05, 3.63) is 60.2 Å². The SMILES string of the molecule is COc1ccc(OCCS(=O)C(CCc2ccccc2)C(=O)O)cc1. The normalized spacial score (nSPS) is 13.0. The van der Waals surface area contributed by atoms with E-state index in [0.29, 0.717) is 18.6 Å². The van der Waals surface area contributed by atoms with Crippen molar-refractivity contribution in [2.75, 3.05) is 19.5 Å². The minimum Gasteiger partial charge on any atom is -0.497 e. The molecule has 0 bridgehead atoms. The van der Waals surface area contributed by atoms with Crippen LogP contribution in [0.15, 0.2) is 54.6 Å². The standard InChI is InChI=1S/C19H22O5S/c1-23-16-8-10-17(11-9-16)24-13-14-25(22)18(19(20)21)12-7-15-5-3-2-4-6-15/h2-6,8-11,18H,7,12-14H2,1H3,(H,20,21). The topological polar surface area (TPSA) is 72.8 Å². The van der Waals surface area contributed by atoms with Crippen LogP contribution in [0.5, 0.6) is 11.5 Å². The van der Waals surface area contributed by atoms with Gasteiger partial charge in [0, 0.05) is 10.8 Å². The van der Waals surface area contributed by atoms with Gasteiger partial charge in [0.05, 0.1) is 19.5 Å². The summed E-state index contributed by atoms with van der Waals surface area (Å²) in [7, 11) is 0.0934. The highest BCUT2D eigenvalue weighted by atomic mass is 32.2. The molecule has 0 heterocycles. The molecule has 0 fully saturated rings. The average Bonchev–Trinajstić information content (AvgIpc) is 2.63. The van der Waals surface area contributed by atoms with Crippen molar-refractivity contribution in [3.63, 3.8) is 0 Å². The van der Waals surface area contributed by atoms with E-state index in [1.165, 1.54) is 0 Å². The minimum atomic E-state index is -1.49. The number of carboxylic acid groups (broad SMARTS) is 1. The number of benzene rings is 2. The van der Waals surface area contributed by atoms with E-state index >= 15 is 0 Å². The monoisotopic (exact) mass is 362 g/mol. The Kier molecular flexibility index (Phi) is 7.47. The maximum absolute atomic E-state index is 12.3. The molecule has 0 aliphatic heterocycles. The Balaban J connectivity index is 1.81. The number of carbonyl (C=O) groups is 1. The lowest BCUT2D eigenvalue weighted by atomic mass is 10.1. The van der Waals surface area contributed by atoms with Gasteiger partial charge in [-0.15, -0.1) is 0 Å². The summed E-state index contributed by atoms with van der Waals surface area (Å²) in [5, 5.41) is 8.46. The third-order valence-electron chi connectivity index (χ3n) is 3.74. The molecule has 2 rings (SSSR count). The zero-order valence-corrected chi connectivity index (χ0v) is 14.9. The molecule has 25 heavy (non-hydrogen) atoms. The minimum absolute atomic E-state index is 0.178. The van der Waals surface area contributed by atoms with Gasteiger partial charge in [-0.3, -0.25) is 9.00 Å². The lowest BCUT2D eigenvalue weighted by Crippen LogP contribution is -2.29. The number of rotatable bonds is 10. The predicted octanol–water partition coefficient (Wildman–Crippen LogP) is 2.91. The Morgan fingerprint density at radius 2 is 1.72 bits per heavy atom. The lowest BCUT2D eigenvalue weighted by molar-refractivity contribution is -0.136. The van der Waals surface area contributed by atoms with E-state index in [4.69, 9.17) is 9.47 Å². The van der Waals surface area contributed by atoms with Crippen molar-refractivity contribution in [1.29, 1.82) is 0 Å². The van der Waals surface area contributed by atoms with Gasteiger partial charge >= 0.3 is 5.97 Å². The number of hydrogen-bond acceptors (Lipinski definition) is 4. The molecule has 0 aromatic heterocycles. The molecule has 0 saturated heterocycles. The molecule has 134 valence electrons. The van der Waals surface area contributed by atoms with Gasteiger partial charge in [-0.05, 0) is 42.7 Å². The highest BCUT2D eigenvalue weighted by Gasteiger charge is 2.24. The van der Waals surface area contributed by atoms with E-state index in [-0.39, 0.29) is 12.4 Å². The van der Waals surface area contributed by atoms with Gasteiger partial charge in [-0.1, -0.05) is 30.3 Å². The highest BCUT2D eigenvalue weighted by molar-refractivity contribution is 7.86. The number of ether oxygens (including phenoxy) is 2. The summed E-state index contributed by atoms with van der Waals surface area (Å²) < 4.78 is 22.9. The number of methoxy groups -OCH3 is 1. The van der Waals surface area contributed by atoms with E-state index in [1.807, 2.05) is 30.3 Å². The Hall–Kier alpha value is -2.34. The summed E-state index contributed by atoms with van der Waals surface area (Å²) in [5.41, 5.74) is 1.04. The maximum atomic E-state index is 12.3. The first-order valence-electron chi connectivity index (χ1n) is 8.01. The zero-order valence-electron chi connectivity index (χ0n) is 14.1. The maximum Gasteiger partial charge on any atom is 0.319 e. The third kappa shape index (κ3) is 6.23. The van der Waals surface area contributed by atoms with Crippen LogP contribution in [0.1, 0.15) is 12.0 Å². The number of carboxylic acids is 1. The van der Waals surface area contributed by atoms with Crippen LogP contribution in [0.3, 0.4) is 0 Å². The van der Waals surface area contributed by atoms with Crippen LogP contribution in [0.25, 0.3) is 0 Å². The molecule has 6 heteroatoms. The summed E-state index contributed by atoms with van der Waals surface area (Å²) in [6, 6.07) is 16.7. The predicted molar refractivity (Wildman–Crippen MR) is 97.7 cm³/mol. The first-order valence-corrected chi connectivity index (χ1v) is 9.39. The lowest BCUT2D eigenvalue weighted by Gasteiger charge is -2.13. The second-order valence-electron chi connectivity index (χ2n) is 5.46. The van der Waals surface area contributed by atoms with Gasteiger partial charge in [-0.2, -0.15) is 0 Å². The summed E-state index contributed by atoms with van der Waals surface area (Å²) in [6.07, 6.45) is 0.928. The van der Waals surface area contributed by atoms with Crippen LogP contribution in [-0.4, -0.2) is 40.0 Å².